The first kappa shape index (κ1) is 19.9. The molecule has 0 amide bonds. The average molecular weight is 472 g/mol. The lowest BCUT2D eigenvalue weighted by atomic mass is 9.97. The van der Waals surface area contributed by atoms with Gasteiger partial charge in [-0.3, -0.25) is 4.57 Å². The molecule has 4 aromatic rings. The fraction of sp³-hybridized carbons (Fsp3) is 0.227. The molecule has 0 bridgehead atoms. The van der Waals surface area contributed by atoms with Crippen molar-refractivity contribution in [3.8, 4) is 28.7 Å². The highest BCUT2D eigenvalue weighted by atomic mass is 79.9. The first-order valence-corrected chi connectivity index (χ1v) is 10.4. The van der Waals surface area contributed by atoms with Crippen molar-refractivity contribution in [1.29, 1.82) is 0 Å². The van der Waals surface area contributed by atoms with Crippen molar-refractivity contribution in [2.75, 3.05) is 0 Å². The lowest BCUT2D eigenvalue weighted by molar-refractivity contribution is 0.398. The van der Waals surface area contributed by atoms with E-state index in [0.29, 0.717) is 22.5 Å². The average Bonchev–Trinajstić information content (AvgIpc) is 3.28. The Morgan fingerprint density at radius 3 is 2.31 bits per heavy atom. The van der Waals surface area contributed by atoms with Crippen molar-refractivity contribution in [2.45, 2.75) is 33.1 Å². The van der Waals surface area contributed by atoms with Gasteiger partial charge in [-0.05, 0) is 43.3 Å². The van der Waals surface area contributed by atoms with Gasteiger partial charge in [0.1, 0.15) is 11.5 Å². The number of hydrogen-bond donors (Lipinski definition) is 0. The number of rotatable bonds is 3. The first-order valence-electron chi connectivity index (χ1n) is 9.20. The van der Waals surface area contributed by atoms with Crippen LogP contribution in [0.3, 0.4) is 0 Å². The van der Waals surface area contributed by atoms with Crippen molar-refractivity contribution >= 4 is 27.5 Å². The molecule has 0 spiro atoms. The molecule has 0 saturated heterocycles. The van der Waals surface area contributed by atoms with Crippen LogP contribution < -0.4 is 0 Å². The summed E-state index contributed by atoms with van der Waals surface area (Å²) in [4.78, 5) is 4.88. The summed E-state index contributed by atoms with van der Waals surface area (Å²) in [5.41, 5.74) is 3.10. The summed E-state index contributed by atoms with van der Waals surface area (Å²) < 4.78 is 9.03. The van der Waals surface area contributed by atoms with Crippen LogP contribution in [0, 0.1) is 6.92 Å². The fourth-order valence-electron chi connectivity index (χ4n) is 3.06. The maximum Gasteiger partial charge on any atom is 0.268 e. The van der Waals surface area contributed by atoms with Crippen LogP contribution in [0.5, 0.6) is 0 Å². The minimum Gasteiger partial charge on any atom is -0.419 e. The van der Waals surface area contributed by atoms with Crippen molar-refractivity contribution < 1.29 is 4.42 Å². The summed E-state index contributed by atoms with van der Waals surface area (Å²) in [6, 6.07) is 15.7. The normalized spacial score (nSPS) is 11.8. The third kappa shape index (κ3) is 3.74. The molecule has 5 nitrogen and oxygen atoms in total. The molecule has 0 aliphatic heterocycles. The maximum atomic E-state index is 6.50. The second-order valence-corrected chi connectivity index (χ2v) is 9.15. The molecule has 0 N–H and O–H groups in total. The van der Waals surface area contributed by atoms with E-state index in [1.807, 2.05) is 76.2 Å². The van der Waals surface area contributed by atoms with Crippen molar-refractivity contribution in [3.63, 3.8) is 0 Å². The van der Waals surface area contributed by atoms with E-state index in [1.54, 1.807) is 0 Å². The third-order valence-corrected chi connectivity index (χ3v) is 5.43. The Labute approximate surface area is 182 Å². The molecule has 2 aromatic heterocycles. The number of nitrogens with zero attached hydrogens (tertiary/aromatic N) is 4. The monoisotopic (exact) mass is 470 g/mol. The lowest BCUT2D eigenvalue weighted by Crippen LogP contribution is -2.11. The minimum absolute atomic E-state index is 0.237. The minimum atomic E-state index is -0.237. The van der Waals surface area contributed by atoms with Gasteiger partial charge in [-0.1, -0.05) is 60.4 Å². The van der Waals surface area contributed by atoms with Gasteiger partial charge in [-0.15, -0.1) is 10.2 Å². The van der Waals surface area contributed by atoms with Crippen molar-refractivity contribution in [1.82, 2.24) is 19.7 Å². The lowest BCUT2D eigenvalue weighted by Gasteiger charge is -2.11. The zero-order chi connectivity index (χ0) is 20.8. The summed E-state index contributed by atoms with van der Waals surface area (Å²) in [6.07, 6.45) is 0. The van der Waals surface area contributed by atoms with Gasteiger partial charge in [-0.2, -0.15) is 0 Å². The van der Waals surface area contributed by atoms with Gasteiger partial charge in [0, 0.05) is 21.1 Å². The second kappa shape index (κ2) is 7.43. The molecule has 0 aliphatic carbocycles. The van der Waals surface area contributed by atoms with E-state index in [2.05, 4.69) is 30.7 Å². The third-order valence-electron chi connectivity index (χ3n) is 4.58. The molecule has 7 heteroatoms. The summed E-state index contributed by atoms with van der Waals surface area (Å²) in [7, 11) is 0. The predicted molar refractivity (Wildman–Crippen MR) is 118 cm³/mol. The van der Waals surface area contributed by atoms with Gasteiger partial charge >= 0.3 is 0 Å². The number of halogens is 2. The standard InChI is InChI=1S/C22H20BrClN4O/c1-13-18(20-26-27-21(29-20)22(2,3)4)25-19(16-7-5-6-8-17(16)24)28(13)15-11-9-14(23)10-12-15/h5-12H,1-4H3. The first-order chi connectivity index (χ1) is 13.8. The Kier molecular flexibility index (Phi) is 5.09. The van der Waals surface area contributed by atoms with Crippen LogP contribution in [-0.4, -0.2) is 19.7 Å². The Bertz CT molecular complexity index is 1170. The SMILES string of the molecule is Cc1c(-c2nnc(C(C)(C)C)o2)nc(-c2ccccc2Cl)n1-c1ccc(Br)cc1. The smallest absolute Gasteiger partial charge is 0.268 e. The Morgan fingerprint density at radius 2 is 1.69 bits per heavy atom. The molecule has 4 rings (SSSR count). The Morgan fingerprint density at radius 1 is 1.00 bits per heavy atom. The van der Waals surface area contributed by atoms with Gasteiger partial charge in [-0.25, -0.2) is 4.98 Å². The highest BCUT2D eigenvalue weighted by Crippen LogP contribution is 2.35. The molecule has 148 valence electrons. The fourth-order valence-corrected chi connectivity index (χ4v) is 3.54. The molecule has 2 aromatic carbocycles. The Hall–Kier alpha value is -2.44. The molecule has 29 heavy (non-hydrogen) atoms. The van der Waals surface area contributed by atoms with E-state index in [0.717, 1.165) is 27.2 Å². The topological polar surface area (TPSA) is 56.7 Å². The van der Waals surface area contributed by atoms with Crippen LogP contribution in [-0.2, 0) is 5.41 Å². The van der Waals surface area contributed by atoms with Crippen LogP contribution >= 0.6 is 27.5 Å². The highest BCUT2D eigenvalue weighted by Gasteiger charge is 2.26. The molecule has 0 unspecified atom stereocenters. The van der Waals surface area contributed by atoms with Crippen LogP contribution in [0.4, 0.5) is 0 Å². The van der Waals surface area contributed by atoms with Crippen LogP contribution in [0.2, 0.25) is 5.02 Å². The summed E-state index contributed by atoms with van der Waals surface area (Å²) >= 11 is 10.00. The molecule has 0 atom stereocenters. The van der Waals surface area contributed by atoms with E-state index < -0.39 is 0 Å². The van der Waals surface area contributed by atoms with Crippen LogP contribution in [0.15, 0.2) is 57.4 Å². The van der Waals surface area contributed by atoms with E-state index in [4.69, 9.17) is 21.0 Å². The summed E-state index contributed by atoms with van der Waals surface area (Å²) in [5, 5.41) is 9.11. The zero-order valence-corrected chi connectivity index (χ0v) is 18.9. The number of benzene rings is 2. The van der Waals surface area contributed by atoms with Gasteiger partial charge in [0.05, 0.1) is 10.7 Å². The van der Waals surface area contributed by atoms with Gasteiger partial charge in [0.2, 0.25) is 5.89 Å². The molecule has 2 heterocycles. The van der Waals surface area contributed by atoms with Crippen LogP contribution in [0.1, 0.15) is 32.4 Å². The van der Waals surface area contributed by atoms with Gasteiger partial charge < -0.3 is 4.42 Å². The van der Waals surface area contributed by atoms with Gasteiger partial charge in [0.15, 0.2) is 0 Å². The summed E-state index contributed by atoms with van der Waals surface area (Å²) in [6.45, 7) is 8.10. The largest absolute Gasteiger partial charge is 0.419 e. The number of aromatic nitrogens is 4. The number of hydrogen-bond acceptors (Lipinski definition) is 4. The zero-order valence-electron chi connectivity index (χ0n) is 16.6. The predicted octanol–water partition coefficient (Wildman–Crippen LogP) is 6.61. The maximum absolute atomic E-state index is 6.50. The van der Waals surface area contributed by atoms with E-state index in [1.165, 1.54) is 0 Å². The van der Waals surface area contributed by atoms with E-state index >= 15 is 0 Å². The molecule has 0 radical (unpaired) electrons. The quantitative estimate of drug-likeness (QED) is 0.337. The van der Waals surface area contributed by atoms with Gasteiger partial charge in [0.25, 0.3) is 5.89 Å². The molecule has 0 fully saturated rings. The second-order valence-electron chi connectivity index (χ2n) is 7.82. The van der Waals surface area contributed by atoms with E-state index in [9.17, 15) is 0 Å². The van der Waals surface area contributed by atoms with E-state index in [-0.39, 0.29) is 5.41 Å². The van der Waals surface area contributed by atoms with Crippen molar-refractivity contribution in [2.24, 2.45) is 0 Å². The summed E-state index contributed by atoms with van der Waals surface area (Å²) in [5.74, 6) is 1.70. The van der Waals surface area contributed by atoms with Crippen LogP contribution in [0.25, 0.3) is 28.7 Å². The molecular weight excluding hydrogens is 452 g/mol. The molecular formula is C22H20BrClN4O. The van der Waals surface area contributed by atoms with Crippen molar-refractivity contribution in [3.05, 3.63) is 69.6 Å². The highest BCUT2D eigenvalue weighted by molar-refractivity contribution is 9.10. The molecule has 0 aliphatic rings. The Balaban J connectivity index is 1.95. The number of imidazole rings is 1. The molecule has 0 saturated carbocycles.